The van der Waals surface area contributed by atoms with Gasteiger partial charge in [0.05, 0.1) is 24.9 Å². The molecule has 0 amide bonds. The van der Waals surface area contributed by atoms with E-state index in [1.165, 1.54) is 10.4 Å². The summed E-state index contributed by atoms with van der Waals surface area (Å²) in [6.45, 7) is 6.03. The summed E-state index contributed by atoms with van der Waals surface area (Å²) < 4.78 is 11.8. The molecule has 2 aromatic rings. The van der Waals surface area contributed by atoms with Crippen molar-refractivity contribution in [3.63, 3.8) is 0 Å². The summed E-state index contributed by atoms with van der Waals surface area (Å²) in [4.78, 5) is 12.8. The molecule has 4 rings (SSSR count). The van der Waals surface area contributed by atoms with Gasteiger partial charge in [0.15, 0.2) is 5.96 Å². The summed E-state index contributed by atoms with van der Waals surface area (Å²) in [5.74, 6) is 0.917. The fourth-order valence-corrected chi connectivity index (χ4v) is 4.78. The van der Waals surface area contributed by atoms with Crippen molar-refractivity contribution in [2.45, 2.75) is 38.5 Å². The molecule has 0 spiro atoms. The van der Waals surface area contributed by atoms with Crippen LogP contribution in [0, 0.1) is 6.92 Å². The molecule has 8 heteroatoms. The molecule has 2 atom stereocenters. The number of hydrogen-bond acceptors (Lipinski definition) is 5. The number of benzene rings is 1. The molecule has 0 aliphatic carbocycles. The SMILES string of the molecule is CN=C(NCc1sc(-c2ccccc2)nc1C)N1CCOC(C2CCCO2)C1.I. The van der Waals surface area contributed by atoms with Crippen molar-refractivity contribution in [3.05, 3.63) is 40.9 Å². The lowest BCUT2D eigenvalue weighted by Gasteiger charge is -2.37. The topological polar surface area (TPSA) is 59.0 Å². The standard InChI is InChI=1S/C21H28N4O2S.HI/c1-15-19(28-20(24-15)16-7-4-3-5-8-16)13-23-21(22-2)25-10-12-27-18(14-25)17-9-6-11-26-17;/h3-5,7-8,17-18H,6,9-14H2,1-2H3,(H,22,23);1H. The highest BCUT2D eigenvalue weighted by Gasteiger charge is 2.32. The van der Waals surface area contributed by atoms with Gasteiger partial charge in [0.25, 0.3) is 0 Å². The number of guanidine groups is 1. The van der Waals surface area contributed by atoms with E-state index in [4.69, 9.17) is 14.5 Å². The van der Waals surface area contributed by atoms with Crippen molar-refractivity contribution < 1.29 is 9.47 Å². The van der Waals surface area contributed by atoms with Crippen molar-refractivity contribution >= 4 is 41.3 Å². The minimum atomic E-state index is 0. The van der Waals surface area contributed by atoms with Gasteiger partial charge in [0.2, 0.25) is 0 Å². The molecule has 0 saturated carbocycles. The summed E-state index contributed by atoms with van der Waals surface area (Å²) in [6.07, 6.45) is 2.57. The maximum absolute atomic E-state index is 5.96. The number of rotatable bonds is 4. The van der Waals surface area contributed by atoms with Gasteiger partial charge >= 0.3 is 0 Å². The molecule has 3 heterocycles. The van der Waals surface area contributed by atoms with Crippen LogP contribution < -0.4 is 5.32 Å². The Hall–Kier alpha value is -1.23. The second-order valence-electron chi connectivity index (χ2n) is 7.20. The average Bonchev–Trinajstić information content (AvgIpc) is 3.40. The Morgan fingerprint density at radius 3 is 2.76 bits per heavy atom. The first kappa shape index (κ1) is 22.5. The number of nitrogens with one attached hydrogen (secondary N) is 1. The molecule has 6 nitrogen and oxygen atoms in total. The molecular weight excluding hydrogens is 499 g/mol. The Morgan fingerprint density at radius 1 is 1.24 bits per heavy atom. The first-order valence-electron chi connectivity index (χ1n) is 9.95. The molecule has 29 heavy (non-hydrogen) atoms. The van der Waals surface area contributed by atoms with Gasteiger partial charge in [-0.05, 0) is 19.8 Å². The molecule has 1 aromatic heterocycles. The van der Waals surface area contributed by atoms with Crippen LogP contribution in [0.2, 0.25) is 0 Å². The van der Waals surface area contributed by atoms with Crippen LogP contribution in [0.15, 0.2) is 35.3 Å². The molecule has 2 aliphatic rings. The monoisotopic (exact) mass is 528 g/mol. The van der Waals surface area contributed by atoms with Gasteiger partial charge in [-0.2, -0.15) is 0 Å². The largest absolute Gasteiger partial charge is 0.375 e. The second-order valence-corrected chi connectivity index (χ2v) is 8.28. The van der Waals surface area contributed by atoms with Crippen LogP contribution >= 0.6 is 35.3 Å². The molecule has 0 radical (unpaired) electrons. The minimum absolute atomic E-state index is 0. The van der Waals surface area contributed by atoms with Crippen LogP contribution in [-0.4, -0.2) is 61.4 Å². The maximum Gasteiger partial charge on any atom is 0.194 e. The van der Waals surface area contributed by atoms with Gasteiger partial charge in [-0.1, -0.05) is 30.3 Å². The molecule has 2 unspecified atom stereocenters. The predicted molar refractivity (Wildman–Crippen MR) is 128 cm³/mol. The van der Waals surface area contributed by atoms with Crippen molar-refractivity contribution in [1.82, 2.24) is 15.2 Å². The average molecular weight is 528 g/mol. The van der Waals surface area contributed by atoms with Crippen LogP contribution in [-0.2, 0) is 16.0 Å². The van der Waals surface area contributed by atoms with E-state index in [-0.39, 0.29) is 36.2 Å². The quantitative estimate of drug-likeness (QED) is 0.373. The second kappa shape index (κ2) is 10.7. The fraction of sp³-hybridized carbons (Fsp3) is 0.524. The minimum Gasteiger partial charge on any atom is -0.375 e. The summed E-state index contributed by atoms with van der Waals surface area (Å²) in [5, 5.41) is 4.59. The van der Waals surface area contributed by atoms with E-state index >= 15 is 0 Å². The normalized spacial score (nSPS) is 22.4. The molecule has 1 N–H and O–H groups in total. The van der Waals surface area contributed by atoms with E-state index in [2.05, 4.69) is 46.4 Å². The lowest BCUT2D eigenvalue weighted by atomic mass is 10.1. The van der Waals surface area contributed by atoms with Crippen molar-refractivity contribution in [3.8, 4) is 10.6 Å². The van der Waals surface area contributed by atoms with Crippen molar-refractivity contribution in [1.29, 1.82) is 0 Å². The lowest BCUT2D eigenvalue weighted by Crippen LogP contribution is -2.53. The van der Waals surface area contributed by atoms with Gasteiger partial charge in [-0.3, -0.25) is 4.99 Å². The van der Waals surface area contributed by atoms with Gasteiger partial charge in [0, 0.05) is 37.2 Å². The third-order valence-corrected chi connectivity index (χ3v) is 6.51. The van der Waals surface area contributed by atoms with Crippen LogP contribution in [0.3, 0.4) is 0 Å². The summed E-state index contributed by atoms with van der Waals surface area (Å²) in [5.41, 5.74) is 2.24. The number of aliphatic imine (C=N–C) groups is 1. The number of aryl methyl sites for hydroxylation is 1. The lowest BCUT2D eigenvalue weighted by molar-refractivity contribution is -0.0817. The van der Waals surface area contributed by atoms with E-state index in [0.29, 0.717) is 6.61 Å². The smallest absolute Gasteiger partial charge is 0.194 e. The number of nitrogens with zero attached hydrogens (tertiary/aromatic N) is 3. The number of morpholine rings is 1. The number of thiazole rings is 1. The molecule has 2 fully saturated rings. The number of ether oxygens (including phenoxy) is 2. The van der Waals surface area contributed by atoms with Gasteiger partial charge < -0.3 is 19.7 Å². The fourth-order valence-electron chi connectivity index (χ4n) is 3.78. The Bertz CT molecular complexity index is 808. The highest BCUT2D eigenvalue weighted by molar-refractivity contribution is 14.0. The zero-order valence-electron chi connectivity index (χ0n) is 17.0. The van der Waals surface area contributed by atoms with E-state index in [0.717, 1.165) is 55.7 Å². The van der Waals surface area contributed by atoms with Gasteiger partial charge in [0.1, 0.15) is 11.1 Å². The highest BCUT2D eigenvalue weighted by atomic mass is 127. The van der Waals surface area contributed by atoms with E-state index in [1.807, 2.05) is 13.1 Å². The van der Waals surface area contributed by atoms with Crippen LogP contribution in [0.1, 0.15) is 23.4 Å². The summed E-state index contributed by atoms with van der Waals surface area (Å²) in [6, 6.07) is 10.3. The van der Waals surface area contributed by atoms with E-state index in [1.54, 1.807) is 11.3 Å². The first-order chi connectivity index (χ1) is 13.7. The first-order valence-corrected chi connectivity index (χ1v) is 10.8. The Morgan fingerprint density at radius 2 is 2.03 bits per heavy atom. The molecular formula is C21H29IN4O2S. The van der Waals surface area contributed by atoms with Crippen LogP contribution in [0.25, 0.3) is 10.6 Å². The number of hydrogen-bond donors (Lipinski definition) is 1. The third kappa shape index (κ3) is 5.48. The van der Waals surface area contributed by atoms with Crippen molar-refractivity contribution in [2.24, 2.45) is 4.99 Å². The zero-order valence-corrected chi connectivity index (χ0v) is 20.1. The van der Waals surface area contributed by atoms with Crippen LogP contribution in [0.5, 0.6) is 0 Å². The molecule has 0 bridgehead atoms. The number of halogens is 1. The zero-order chi connectivity index (χ0) is 19.3. The van der Waals surface area contributed by atoms with Gasteiger partial charge in [-0.25, -0.2) is 4.98 Å². The van der Waals surface area contributed by atoms with E-state index in [9.17, 15) is 0 Å². The molecule has 1 aromatic carbocycles. The Labute approximate surface area is 193 Å². The van der Waals surface area contributed by atoms with Crippen molar-refractivity contribution in [2.75, 3.05) is 33.4 Å². The highest BCUT2D eigenvalue weighted by Crippen LogP contribution is 2.27. The van der Waals surface area contributed by atoms with E-state index < -0.39 is 0 Å². The summed E-state index contributed by atoms with van der Waals surface area (Å²) in [7, 11) is 1.84. The Kier molecular flexibility index (Phi) is 8.28. The van der Waals surface area contributed by atoms with Gasteiger partial charge in [-0.15, -0.1) is 35.3 Å². The maximum atomic E-state index is 5.96. The number of aromatic nitrogens is 1. The predicted octanol–water partition coefficient (Wildman–Crippen LogP) is 3.69. The summed E-state index contributed by atoms with van der Waals surface area (Å²) >= 11 is 1.74. The van der Waals surface area contributed by atoms with Crippen LogP contribution in [0.4, 0.5) is 0 Å². The molecule has 158 valence electrons. The molecule has 2 saturated heterocycles. The third-order valence-electron chi connectivity index (χ3n) is 5.30. The molecule has 2 aliphatic heterocycles. The Balaban J connectivity index is 0.00000240.